The standard InChI is InChI=1S/C12H15BrClNO2/c1-6-7(2)11(17-5)10(8(3)9(6)14)15(4)12(13)16/h1-5H3. The first-order valence-electron chi connectivity index (χ1n) is 5.09. The Morgan fingerprint density at radius 3 is 2.18 bits per heavy atom. The van der Waals surface area contributed by atoms with Crippen molar-refractivity contribution in [3.63, 3.8) is 0 Å². The van der Waals surface area contributed by atoms with Crippen LogP contribution in [0.3, 0.4) is 0 Å². The van der Waals surface area contributed by atoms with E-state index in [0.717, 1.165) is 16.7 Å². The maximum Gasteiger partial charge on any atom is 0.293 e. The summed E-state index contributed by atoms with van der Waals surface area (Å²) in [6, 6.07) is 0. The van der Waals surface area contributed by atoms with Gasteiger partial charge in [0.05, 0.1) is 12.8 Å². The number of methoxy groups -OCH3 is 1. The van der Waals surface area contributed by atoms with E-state index >= 15 is 0 Å². The molecule has 94 valence electrons. The van der Waals surface area contributed by atoms with Crippen molar-refractivity contribution in [2.24, 2.45) is 0 Å². The molecule has 0 saturated carbocycles. The maximum absolute atomic E-state index is 11.4. The monoisotopic (exact) mass is 319 g/mol. The summed E-state index contributed by atoms with van der Waals surface area (Å²) in [7, 11) is 3.26. The summed E-state index contributed by atoms with van der Waals surface area (Å²) >= 11 is 9.19. The summed E-state index contributed by atoms with van der Waals surface area (Å²) in [6.07, 6.45) is 0. The maximum atomic E-state index is 11.4. The van der Waals surface area contributed by atoms with Gasteiger partial charge in [-0.15, -0.1) is 0 Å². The minimum Gasteiger partial charge on any atom is -0.494 e. The van der Waals surface area contributed by atoms with Crippen molar-refractivity contribution in [2.45, 2.75) is 20.8 Å². The first kappa shape index (κ1) is 14.3. The van der Waals surface area contributed by atoms with Crippen molar-refractivity contribution >= 4 is 38.0 Å². The van der Waals surface area contributed by atoms with Gasteiger partial charge in [-0.05, 0) is 37.5 Å². The molecule has 17 heavy (non-hydrogen) atoms. The number of benzene rings is 1. The first-order chi connectivity index (χ1) is 7.82. The average Bonchev–Trinajstić information content (AvgIpc) is 2.29. The molecule has 0 saturated heterocycles. The van der Waals surface area contributed by atoms with E-state index in [9.17, 15) is 4.79 Å². The van der Waals surface area contributed by atoms with Crippen LogP contribution in [0.4, 0.5) is 10.5 Å². The molecule has 0 atom stereocenters. The molecule has 0 heterocycles. The van der Waals surface area contributed by atoms with Crippen LogP contribution in [0.5, 0.6) is 5.75 Å². The van der Waals surface area contributed by atoms with Crippen molar-refractivity contribution in [2.75, 3.05) is 19.1 Å². The summed E-state index contributed by atoms with van der Waals surface area (Å²) in [4.78, 5) is 12.7. The van der Waals surface area contributed by atoms with Crippen LogP contribution in [0.15, 0.2) is 0 Å². The molecule has 1 aromatic rings. The van der Waals surface area contributed by atoms with Gasteiger partial charge in [0, 0.05) is 28.0 Å². The predicted octanol–water partition coefficient (Wildman–Crippen LogP) is 4.22. The summed E-state index contributed by atoms with van der Waals surface area (Å²) in [5, 5.41) is 0.666. The molecular formula is C12H15BrClNO2. The SMILES string of the molecule is COc1c(C)c(C)c(Cl)c(C)c1N(C)C(=O)Br. The number of rotatable bonds is 2. The minimum atomic E-state index is -0.238. The third-order valence-corrected chi connectivity index (χ3v) is 4.03. The Morgan fingerprint density at radius 2 is 1.76 bits per heavy atom. The highest BCUT2D eigenvalue weighted by Crippen LogP contribution is 2.41. The van der Waals surface area contributed by atoms with Crippen LogP contribution < -0.4 is 9.64 Å². The molecule has 0 unspecified atom stereocenters. The van der Waals surface area contributed by atoms with E-state index in [1.165, 1.54) is 4.90 Å². The Balaban J connectivity index is 3.63. The van der Waals surface area contributed by atoms with Crippen LogP contribution in [-0.4, -0.2) is 19.0 Å². The lowest BCUT2D eigenvalue weighted by molar-refractivity contribution is 0.266. The number of halogens is 2. The molecule has 0 aliphatic carbocycles. The quantitative estimate of drug-likeness (QED) is 0.603. The molecule has 1 aromatic carbocycles. The highest BCUT2D eigenvalue weighted by molar-refractivity contribution is 9.18. The number of amides is 1. The van der Waals surface area contributed by atoms with Gasteiger partial charge >= 0.3 is 0 Å². The molecule has 1 amide bonds. The number of hydrogen-bond donors (Lipinski definition) is 0. The van der Waals surface area contributed by atoms with Gasteiger partial charge in [0.25, 0.3) is 4.82 Å². The van der Waals surface area contributed by atoms with E-state index in [1.54, 1.807) is 14.2 Å². The fourth-order valence-electron chi connectivity index (χ4n) is 1.81. The lowest BCUT2D eigenvalue weighted by atomic mass is 10.0. The zero-order chi connectivity index (χ0) is 13.3. The normalized spacial score (nSPS) is 10.3. The Kier molecular flexibility index (Phi) is 4.44. The molecule has 0 aromatic heterocycles. The van der Waals surface area contributed by atoms with Crippen molar-refractivity contribution in [1.29, 1.82) is 0 Å². The number of hydrogen-bond acceptors (Lipinski definition) is 2. The van der Waals surface area contributed by atoms with Gasteiger partial charge in [0.1, 0.15) is 5.75 Å². The molecule has 1 rings (SSSR count). The predicted molar refractivity (Wildman–Crippen MR) is 74.9 cm³/mol. The second-order valence-electron chi connectivity index (χ2n) is 3.88. The molecule has 0 fully saturated rings. The van der Waals surface area contributed by atoms with Gasteiger partial charge in [-0.25, -0.2) is 0 Å². The van der Waals surface area contributed by atoms with Gasteiger partial charge in [0.15, 0.2) is 0 Å². The minimum absolute atomic E-state index is 0.238. The summed E-state index contributed by atoms with van der Waals surface area (Å²) in [5.41, 5.74) is 3.45. The van der Waals surface area contributed by atoms with Crippen LogP contribution in [-0.2, 0) is 0 Å². The topological polar surface area (TPSA) is 29.5 Å². The van der Waals surface area contributed by atoms with Crippen molar-refractivity contribution < 1.29 is 9.53 Å². The Morgan fingerprint density at radius 1 is 1.24 bits per heavy atom. The van der Waals surface area contributed by atoms with Crippen LogP contribution in [0.1, 0.15) is 16.7 Å². The van der Waals surface area contributed by atoms with E-state index < -0.39 is 0 Å². The third-order valence-electron chi connectivity index (χ3n) is 2.94. The summed E-state index contributed by atoms with van der Waals surface area (Å²) in [5.74, 6) is 0.680. The van der Waals surface area contributed by atoms with Gasteiger partial charge < -0.3 is 9.64 Å². The number of ether oxygens (including phenoxy) is 1. The fraction of sp³-hybridized carbons (Fsp3) is 0.417. The molecule has 0 radical (unpaired) electrons. The molecule has 0 aliphatic rings. The molecular weight excluding hydrogens is 305 g/mol. The highest BCUT2D eigenvalue weighted by atomic mass is 79.9. The van der Waals surface area contributed by atoms with E-state index in [-0.39, 0.29) is 4.82 Å². The third kappa shape index (κ3) is 2.43. The van der Waals surface area contributed by atoms with Gasteiger partial charge in [-0.3, -0.25) is 4.79 Å². The van der Waals surface area contributed by atoms with E-state index in [1.807, 2.05) is 20.8 Å². The number of carbonyl (C=O) groups excluding carboxylic acids is 1. The zero-order valence-corrected chi connectivity index (χ0v) is 12.9. The van der Waals surface area contributed by atoms with Crippen LogP contribution in [0, 0.1) is 20.8 Å². The molecule has 0 spiro atoms. The molecule has 0 aliphatic heterocycles. The van der Waals surface area contributed by atoms with Crippen LogP contribution in [0.25, 0.3) is 0 Å². The van der Waals surface area contributed by atoms with Crippen molar-refractivity contribution in [3.05, 3.63) is 21.7 Å². The number of carbonyl (C=O) groups is 1. The first-order valence-corrected chi connectivity index (χ1v) is 6.26. The van der Waals surface area contributed by atoms with Gasteiger partial charge in [-0.1, -0.05) is 11.6 Å². The molecule has 0 bridgehead atoms. The Labute approximate surface area is 115 Å². The lowest BCUT2D eigenvalue weighted by Gasteiger charge is -2.23. The van der Waals surface area contributed by atoms with Crippen molar-refractivity contribution in [3.8, 4) is 5.75 Å². The lowest BCUT2D eigenvalue weighted by Crippen LogP contribution is -2.21. The van der Waals surface area contributed by atoms with E-state index in [0.29, 0.717) is 16.5 Å². The summed E-state index contributed by atoms with van der Waals surface area (Å²) in [6.45, 7) is 5.74. The van der Waals surface area contributed by atoms with Crippen LogP contribution >= 0.6 is 27.5 Å². The largest absolute Gasteiger partial charge is 0.494 e. The highest BCUT2D eigenvalue weighted by Gasteiger charge is 2.22. The molecule has 3 nitrogen and oxygen atoms in total. The smallest absolute Gasteiger partial charge is 0.293 e. The van der Waals surface area contributed by atoms with E-state index in [2.05, 4.69) is 15.9 Å². The van der Waals surface area contributed by atoms with Crippen LogP contribution in [0.2, 0.25) is 5.02 Å². The second kappa shape index (κ2) is 5.27. The van der Waals surface area contributed by atoms with Crippen molar-refractivity contribution in [1.82, 2.24) is 0 Å². The number of anilines is 1. The second-order valence-corrected chi connectivity index (χ2v) is 4.94. The molecule has 5 heteroatoms. The zero-order valence-electron chi connectivity index (χ0n) is 10.5. The fourth-order valence-corrected chi connectivity index (χ4v) is 2.22. The average molecular weight is 321 g/mol. The molecule has 0 N–H and O–H groups in total. The number of nitrogens with zero attached hydrogens (tertiary/aromatic N) is 1. The van der Waals surface area contributed by atoms with E-state index in [4.69, 9.17) is 16.3 Å². The summed E-state index contributed by atoms with van der Waals surface area (Å²) < 4.78 is 5.39. The van der Waals surface area contributed by atoms with Gasteiger partial charge in [0.2, 0.25) is 0 Å². The Bertz CT molecular complexity index is 474. The Hall–Kier alpha value is -0.740. The van der Waals surface area contributed by atoms with Gasteiger partial charge in [-0.2, -0.15) is 0 Å².